The minimum Gasteiger partial charge on any atom is -0.354 e. The number of anilines is 1. The lowest BCUT2D eigenvalue weighted by atomic mass is 10.2. The molecule has 0 saturated carbocycles. The van der Waals surface area contributed by atoms with E-state index in [0.717, 1.165) is 12.3 Å². The van der Waals surface area contributed by atoms with Crippen molar-refractivity contribution in [1.29, 1.82) is 0 Å². The zero-order chi connectivity index (χ0) is 17.7. The molecule has 132 valence electrons. The summed E-state index contributed by atoms with van der Waals surface area (Å²) in [6, 6.07) is 2.36. The maximum absolute atomic E-state index is 12.5. The van der Waals surface area contributed by atoms with Gasteiger partial charge in [0.1, 0.15) is 5.82 Å². The molecule has 0 spiro atoms. The van der Waals surface area contributed by atoms with Crippen LogP contribution in [0.4, 0.5) is 19.0 Å². The van der Waals surface area contributed by atoms with Crippen molar-refractivity contribution < 1.29 is 22.8 Å². The van der Waals surface area contributed by atoms with Crippen molar-refractivity contribution in [3.8, 4) is 0 Å². The summed E-state index contributed by atoms with van der Waals surface area (Å²) in [7, 11) is 0. The minimum absolute atomic E-state index is 0.133. The normalized spacial score (nSPS) is 15.9. The van der Waals surface area contributed by atoms with Gasteiger partial charge in [-0.2, -0.15) is 13.2 Å². The molecule has 1 aromatic rings. The number of carbonyl (C=O) groups excluding carboxylic acids is 2. The molecule has 1 aliphatic heterocycles. The molecule has 1 aliphatic rings. The number of carbonyl (C=O) groups is 2. The molecule has 0 aromatic carbocycles. The lowest BCUT2D eigenvalue weighted by molar-refractivity contribution is -0.137. The molecule has 2 amide bonds. The first-order chi connectivity index (χ1) is 11.3. The standard InChI is InChI=1S/C14H18F3N5O2/c1-10(23)19-20-13(24)9-21-4-6-22(7-5-21)12-3-2-11(8-18-12)14(15,16)17/h2-3,8H,4-7,9H2,1H3,(H,19,23)(H,20,24). The van der Waals surface area contributed by atoms with Crippen LogP contribution in [0.3, 0.4) is 0 Å². The van der Waals surface area contributed by atoms with E-state index in [4.69, 9.17) is 0 Å². The van der Waals surface area contributed by atoms with E-state index in [1.165, 1.54) is 13.0 Å². The second-order valence-corrected chi connectivity index (χ2v) is 5.40. The second kappa shape index (κ2) is 7.47. The summed E-state index contributed by atoms with van der Waals surface area (Å²) in [5.41, 5.74) is 3.71. The molecule has 1 fully saturated rings. The Morgan fingerprint density at radius 2 is 1.83 bits per heavy atom. The fourth-order valence-corrected chi connectivity index (χ4v) is 2.28. The van der Waals surface area contributed by atoms with E-state index in [1.54, 1.807) is 0 Å². The average Bonchev–Trinajstić information content (AvgIpc) is 2.53. The molecule has 0 radical (unpaired) electrons. The van der Waals surface area contributed by atoms with Crippen LogP contribution in [0, 0.1) is 0 Å². The largest absolute Gasteiger partial charge is 0.417 e. The van der Waals surface area contributed by atoms with Crippen LogP contribution in [0.5, 0.6) is 0 Å². The smallest absolute Gasteiger partial charge is 0.354 e. The number of rotatable bonds is 3. The number of hydrogen-bond acceptors (Lipinski definition) is 5. The summed E-state index contributed by atoms with van der Waals surface area (Å²) >= 11 is 0. The number of nitrogens with one attached hydrogen (secondary N) is 2. The molecule has 0 bridgehead atoms. The lowest BCUT2D eigenvalue weighted by Crippen LogP contribution is -2.51. The molecule has 2 N–H and O–H groups in total. The summed E-state index contributed by atoms with van der Waals surface area (Å²) in [5, 5.41) is 0. The Kier molecular flexibility index (Phi) is 5.60. The third-order valence-corrected chi connectivity index (χ3v) is 3.52. The van der Waals surface area contributed by atoms with Gasteiger partial charge in [0.2, 0.25) is 5.91 Å². The van der Waals surface area contributed by atoms with Crippen LogP contribution in [-0.4, -0.2) is 54.4 Å². The van der Waals surface area contributed by atoms with Gasteiger partial charge in [0, 0.05) is 39.3 Å². The third kappa shape index (κ3) is 5.08. The number of hydrazine groups is 1. The van der Waals surface area contributed by atoms with Crippen molar-refractivity contribution in [2.45, 2.75) is 13.1 Å². The van der Waals surface area contributed by atoms with E-state index in [9.17, 15) is 22.8 Å². The number of amides is 2. The highest BCUT2D eigenvalue weighted by Crippen LogP contribution is 2.29. The average molecular weight is 345 g/mol. The van der Waals surface area contributed by atoms with Gasteiger partial charge in [-0.05, 0) is 12.1 Å². The van der Waals surface area contributed by atoms with Crippen LogP contribution < -0.4 is 15.8 Å². The molecule has 0 atom stereocenters. The maximum Gasteiger partial charge on any atom is 0.417 e. The minimum atomic E-state index is -4.40. The lowest BCUT2D eigenvalue weighted by Gasteiger charge is -2.35. The van der Waals surface area contributed by atoms with Gasteiger partial charge in [-0.1, -0.05) is 0 Å². The monoisotopic (exact) mass is 345 g/mol. The number of hydrogen-bond donors (Lipinski definition) is 2. The number of aromatic nitrogens is 1. The molecule has 24 heavy (non-hydrogen) atoms. The van der Waals surface area contributed by atoms with Crippen molar-refractivity contribution in [3.63, 3.8) is 0 Å². The Morgan fingerprint density at radius 3 is 2.33 bits per heavy atom. The highest BCUT2D eigenvalue weighted by molar-refractivity contribution is 5.81. The number of piperazine rings is 1. The molecular formula is C14H18F3N5O2. The molecule has 0 aliphatic carbocycles. The van der Waals surface area contributed by atoms with Crippen LogP contribution in [0.2, 0.25) is 0 Å². The molecular weight excluding hydrogens is 327 g/mol. The van der Waals surface area contributed by atoms with E-state index in [-0.39, 0.29) is 18.4 Å². The first kappa shape index (κ1) is 18.0. The van der Waals surface area contributed by atoms with Crippen molar-refractivity contribution in [3.05, 3.63) is 23.9 Å². The first-order valence-electron chi connectivity index (χ1n) is 7.31. The predicted octanol–water partition coefficient (Wildman–Crippen LogP) is 0.390. The van der Waals surface area contributed by atoms with Crippen LogP contribution in [-0.2, 0) is 15.8 Å². The van der Waals surface area contributed by atoms with Crippen molar-refractivity contribution in [1.82, 2.24) is 20.7 Å². The van der Waals surface area contributed by atoms with Gasteiger partial charge in [0.25, 0.3) is 5.91 Å². The van der Waals surface area contributed by atoms with Crippen molar-refractivity contribution in [2.24, 2.45) is 0 Å². The van der Waals surface area contributed by atoms with Crippen LogP contribution >= 0.6 is 0 Å². The third-order valence-electron chi connectivity index (χ3n) is 3.52. The van der Waals surface area contributed by atoms with Gasteiger partial charge in [0.15, 0.2) is 0 Å². The van der Waals surface area contributed by atoms with Gasteiger partial charge in [-0.15, -0.1) is 0 Å². The van der Waals surface area contributed by atoms with Crippen LogP contribution in [0.15, 0.2) is 18.3 Å². The SMILES string of the molecule is CC(=O)NNC(=O)CN1CCN(c2ccc(C(F)(F)F)cn2)CC1. The molecule has 10 heteroatoms. The Bertz CT molecular complexity index is 583. The molecule has 1 aromatic heterocycles. The van der Waals surface area contributed by atoms with Gasteiger partial charge in [0.05, 0.1) is 12.1 Å². The van der Waals surface area contributed by atoms with Crippen molar-refractivity contribution in [2.75, 3.05) is 37.6 Å². The predicted molar refractivity (Wildman–Crippen MR) is 79.9 cm³/mol. The molecule has 0 unspecified atom stereocenters. The van der Waals surface area contributed by atoms with Crippen molar-refractivity contribution >= 4 is 17.6 Å². The second-order valence-electron chi connectivity index (χ2n) is 5.40. The number of alkyl halides is 3. The number of halogens is 3. The van der Waals surface area contributed by atoms with Gasteiger partial charge in [-0.3, -0.25) is 25.3 Å². The van der Waals surface area contributed by atoms with E-state index >= 15 is 0 Å². The van der Waals surface area contributed by atoms with E-state index < -0.39 is 11.7 Å². The number of nitrogens with zero attached hydrogens (tertiary/aromatic N) is 3. The Balaban J connectivity index is 1.82. The van der Waals surface area contributed by atoms with E-state index in [2.05, 4.69) is 15.8 Å². The fourth-order valence-electron chi connectivity index (χ4n) is 2.28. The summed E-state index contributed by atoms with van der Waals surface area (Å²) in [5.74, 6) is -0.210. The molecule has 2 rings (SSSR count). The Hall–Kier alpha value is -2.36. The van der Waals surface area contributed by atoms with E-state index in [1.807, 2.05) is 9.80 Å². The zero-order valence-electron chi connectivity index (χ0n) is 13.1. The van der Waals surface area contributed by atoms with Crippen LogP contribution in [0.1, 0.15) is 12.5 Å². The summed E-state index contributed by atoms with van der Waals surface area (Å²) in [4.78, 5) is 29.9. The molecule has 7 nitrogen and oxygen atoms in total. The Morgan fingerprint density at radius 1 is 1.17 bits per heavy atom. The topological polar surface area (TPSA) is 77.6 Å². The highest BCUT2D eigenvalue weighted by Gasteiger charge is 2.31. The summed E-state index contributed by atoms with van der Waals surface area (Å²) < 4.78 is 37.6. The quantitative estimate of drug-likeness (QED) is 0.775. The summed E-state index contributed by atoms with van der Waals surface area (Å²) in [6.07, 6.45) is -3.58. The molecule has 2 heterocycles. The first-order valence-corrected chi connectivity index (χ1v) is 7.31. The van der Waals surface area contributed by atoms with E-state index in [0.29, 0.717) is 32.0 Å². The molecule has 1 saturated heterocycles. The van der Waals surface area contributed by atoms with Gasteiger partial charge >= 0.3 is 6.18 Å². The van der Waals surface area contributed by atoms with Gasteiger partial charge < -0.3 is 4.90 Å². The summed E-state index contributed by atoms with van der Waals surface area (Å²) in [6.45, 7) is 3.65. The zero-order valence-corrected chi connectivity index (χ0v) is 13.1. The highest BCUT2D eigenvalue weighted by atomic mass is 19.4. The van der Waals surface area contributed by atoms with Crippen LogP contribution in [0.25, 0.3) is 0 Å². The number of pyridine rings is 1. The maximum atomic E-state index is 12.5. The fraction of sp³-hybridized carbons (Fsp3) is 0.500. The van der Waals surface area contributed by atoms with Gasteiger partial charge in [-0.25, -0.2) is 4.98 Å². The Labute approximate surface area is 136 Å².